The molecular weight excluding hydrogens is 685 g/mol. The van der Waals surface area contributed by atoms with Crippen LogP contribution in [-0.4, -0.2) is 132 Å². The van der Waals surface area contributed by atoms with Crippen LogP contribution in [-0.2, 0) is 18.3 Å². The first-order chi connectivity index (χ1) is 26.6. The fraction of sp³-hybridized carbons (Fsp3) is 0.644. The van der Waals surface area contributed by atoms with E-state index in [2.05, 4.69) is 65.5 Å². The van der Waals surface area contributed by atoms with Gasteiger partial charge in [-0.15, -0.1) is 0 Å². The summed E-state index contributed by atoms with van der Waals surface area (Å²) >= 11 is 0. The van der Waals surface area contributed by atoms with Gasteiger partial charge in [-0.05, 0) is 111 Å². The number of hydrogen-bond acceptors (Lipinski definition) is 10. The van der Waals surface area contributed by atoms with Gasteiger partial charge >= 0.3 is 0 Å². The Morgan fingerprint density at radius 2 is 1.15 bits per heavy atom. The van der Waals surface area contributed by atoms with Crippen molar-refractivity contribution >= 4 is 24.3 Å². The first-order valence-corrected chi connectivity index (χ1v) is 21.5. The molecule has 2 unspecified atom stereocenters. The van der Waals surface area contributed by atoms with Crippen molar-refractivity contribution in [1.29, 1.82) is 0 Å². The quantitative estimate of drug-likeness (QED) is 0.228. The zero-order valence-electron chi connectivity index (χ0n) is 34.1. The number of phenols is 2. The highest BCUT2D eigenvalue weighted by molar-refractivity contribution is 5.86. The summed E-state index contributed by atoms with van der Waals surface area (Å²) in [6.07, 6.45) is 16.2. The Kier molecular flexibility index (Phi) is 12.7. The molecule has 0 bridgehead atoms. The molecule has 2 saturated heterocycles. The zero-order chi connectivity index (χ0) is 38.4. The summed E-state index contributed by atoms with van der Waals surface area (Å²) in [4.78, 5) is 29.7. The van der Waals surface area contributed by atoms with Crippen LogP contribution in [0.5, 0.6) is 11.5 Å². The van der Waals surface area contributed by atoms with Gasteiger partial charge in [-0.25, -0.2) is 0 Å². The van der Waals surface area contributed by atoms with E-state index in [0.29, 0.717) is 11.5 Å². The SMILES string of the molecule is Cc1cc(C=NC2CCCCC2N=Cc2cc(C(C)(C)C)cc(CCCN3CCCN4CCCN=C43)c2O)c(O)c(CCCN2CCCN3CCCN=C32)c1. The number of hydrogen-bond donors (Lipinski definition) is 2. The molecule has 7 rings (SSSR count). The molecule has 4 heterocycles. The molecule has 10 nitrogen and oxygen atoms in total. The lowest BCUT2D eigenvalue weighted by Gasteiger charge is -2.41. The van der Waals surface area contributed by atoms with Gasteiger partial charge in [-0.2, -0.15) is 0 Å². The van der Waals surface area contributed by atoms with Crippen molar-refractivity contribution in [3.05, 3.63) is 57.6 Å². The molecule has 4 aliphatic heterocycles. The molecule has 2 aromatic carbocycles. The topological polar surface area (TPSA) is 103 Å². The molecule has 2 atom stereocenters. The fourth-order valence-corrected chi connectivity index (χ4v) is 9.16. The summed E-state index contributed by atoms with van der Waals surface area (Å²) in [6.45, 7) is 19.2. The third-order valence-electron chi connectivity index (χ3n) is 12.2. The average molecular weight is 751 g/mol. The van der Waals surface area contributed by atoms with Crippen molar-refractivity contribution in [2.45, 2.75) is 122 Å². The molecule has 2 aromatic rings. The lowest BCUT2D eigenvalue weighted by molar-refractivity contribution is 0.242. The molecule has 2 N–H and O–H groups in total. The molecular formula is C45H66N8O2. The summed E-state index contributed by atoms with van der Waals surface area (Å²) < 4.78 is 0. The van der Waals surface area contributed by atoms with Gasteiger partial charge in [-0.1, -0.05) is 45.7 Å². The lowest BCUT2D eigenvalue weighted by atomic mass is 9.84. The van der Waals surface area contributed by atoms with E-state index < -0.39 is 0 Å². The maximum atomic E-state index is 11.6. The first kappa shape index (κ1) is 39.2. The van der Waals surface area contributed by atoms with Crippen LogP contribution in [0.4, 0.5) is 0 Å². The molecule has 10 heteroatoms. The standard InChI is InChI=1S/C45H66N8O2/c1-33-27-34(13-7-19-50-23-11-25-52-21-9-17-46-43(50)52)41(54)36(28-33)31-48-39-15-5-6-16-40(39)49-32-37-30-38(45(2,3)4)29-35(42(37)55)14-8-20-51-24-12-26-53-22-10-18-47-44(51)53/h27-32,39-40,54-55H,5-26H2,1-4H3. The van der Waals surface area contributed by atoms with Gasteiger partial charge in [-0.3, -0.25) is 20.0 Å². The summed E-state index contributed by atoms with van der Waals surface area (Å²) in [7, 11) is 0. The summed E-state index contributed by atoms with van der Waals surface area (Å²) in [5.41, 5.74) is 5.87. The van der Waals surface area contributed by atoms with Crippen LogP contribution in [0.25, 0.3) is 0 Å². The minimum atomic E-state index is -0.0551. The van der Waals surface area contributed by atoms with Gasteiger partial charge in [0.05, 0.1) is 12.1 Å². The second kappa shape index (κ2) is 17.8. The van der Waals surface area contributed by atoms with E-state index in [1.807, 2.05) is 18.5 Å². The number of aryl methyl sites for hydroxylation is 3. The maximum Gasteiger partial charge on any atom is 0.196 e. The Bertz CT molecular complexity index is 1760. The zero-order valence-corrected chi connectivity index (χ0v) is 34.1. The molecule has 298 valence electrons. The molecule has 1 aliphatic carbocycles. The predicted octanol–water partition coefficient (Wildman–Crippen LogP) is 6.95. The number of benzene rings is 2. The lowest BCUT2D eigenvalue weighted by Crippen LogP contribution is -2.52. The van der Waals surface area contributed by atoms with Crippen molar-refractivity contribution in [2.24, 2.45) is 20.0 Å². The predicted molar refractivity (Wildman–Crippen MR) is 227 cm³/mol. The highest BCUT2D eigenvalue weighted by Gasteiger charge is 2.28. The van der Waals surface area contributed by atoms with Crippen LogP contribution < -0.4 is 0 Å². The van der Waals surface area contributed by atoms with E-state index in [4.69, 9.17) is 20.0 Å². The van der Waals surface area contributed by atoms with Crippen LogP contribution in [0, 0.1) is 6.92 Å². The molecule has 5 aliphatic rings. The van der Waals surface area contributed by atoms with Gasteiger partial charge in [0.2, 0.25) is 0 Å². The number of phenolic OH excluding ortho intramolecular Hbond substituents is 2. The minimum absolute atomic E-state index is 0.0303. The van der Waals surface area contributed by atoms with Crippen molar-refractivity contribution in [1.82, 2.24) is 19.6 Å². The second-order valence-electron chi connectivity index (χ2n) is 17.6. The van der Waals surface area contributed by atoms with E-state index >= 15 is 0 Å². The monoisotopic (exact) mass is 751 g/mol. The number of aromatic hydroxyl groups is 2. The van der Waals surface area contributed by atoms with Crippen LogP contribution in [0.2, 0.25) is 0 Å². The van der Waals surface area contributed by atoms with E-state index in [1.165, 1.54) is 30.3 Å². The van der Waals surface area contributed by atoms with E-state index in [9.17, 15) is 10.2 Å². The normalized spacial score (nSPS) is 22.3. The summed E-state index contributed by atoms with van der Waals surface area (Å²) in [5, 5.41) is 23.0. The Hall–Kier alpha value is -4.08. The van der Waals surface area contributed by atoms with Gasteiger partial charge in [0.25, 0.3) is 0 Å². The molecule has 3 fully saturated rings. The van der Waals surface area contributed by atoms with Crippen LogP contribution in [0.3, 0.4) is 0 Å². The van der Waals surface area contributed by atoms with Crippen molar-refractivity contribution in [3.63, 3.8) is 0 Å². The number of rotatable bonds is 12. The molecule has 1 saturated carbocycles. The molecule has 55 heavy (non-hydrogen) atoms. The third kappa shape index (κ3) is 9.66. The Morgan fingerprint density at radius 1 is 0.655 bits per heavy atom. The van der Waals surface area contributed by atoms with E-state index in [0.717, 1.165) is 157 Å². The summed E-state index contributed by atoms with van der Waals surface area (Å²) in [6, 6.07) is 8.56. The number of guanidine groups is 2. The van der Waals surface area contributed by atoms with Crippen molar-refractivity contribution < 1.29 is 10.2 Å². The van der Waals surface area contributed by atoms with Crippen molar-refractivity contribution in [2.75, 3.05) is 65.4 Å². The highest BCUT2D eigenvalue weighted by atomic mass is 16.3. The van der Waals surface area contributed by atoms with Gasteiger partial charge in [0.1, 0.15) is 11.5 Å². The summed E-state index contributed by atoms with van der Waals surface area (Å²) in [5.74, 6) is 3.05. The fourth-order valence-electron chi connectivity index (χ4n) is 9.16. The van der Waals surface area contributed by atoms with Gasteiger partial charge in [0.15, 0.2) is 11.9 Å². The highest BCUT2D eigenvalue weighted by Crippen LogP contribution is 2.33. The molecule has 0 radical (unpaired) electrons. The Morgan fingerprint density at radius 3 is 1.67 bits per heavy atom. The molecule has 0 spiro atoms. The van der Waals surface area contributed by atoms with Crippen LogP contribution >= 0.6 is 0 Å². The first-order valence-electron chi connectivity index (χ1n) is 21.5. The Balaban J connectivity index is 1.01. The van der Waals surface area contributed by atoms with Gasteiger partial charge in [0, 0.05) is 89.0 Å². The largest absolute Gasteiger partial charge is 0.507 e. The van der Waals surface area contributed by atoms with E-state index in [-0.39, 0.29) is 17.5 Å². The number of nitrogens with zero attached hydrogens (tertiary/aromatic N) is 8. The third-order valence-corrected chi connectivity index (χ3v) is 12.2. The van der Waals surface area contributed by atoms with Gasteiger partial charge < -0.3 is 29.8 Å². The average Bonchev–Trinajstić information content (AvgIpc) is 3.18. The van der Waals surface area contributed by atoms with E-state index in [1.54, 1.807) is 0 Å². The maximum absolute atomic E-state index is 11.6. The van der Waals surface area contributed by atoms with Crippen molar-refractivity contribution in [3.8, 4) is 11.5 Å². The number of aliphatic imine (C=N–C) groups is 4. The Labute approximate surface area is 330 Å². The molecule has 0 aromatic heterocycles. The second-order valence-corrected chi connectivity index (χ2v) is 17.6. The smallest absolute Gasteiger partial charge is 0.196 e. The molecule has 0 amide bonds. The number of fused-ring (bicyclic) bond motifs is 2. The van der Waals surface area contributed by atoms with Crippen LogP contribution in [0.1, 0.15) is 118 Å². The minimum Gasteiger partial charge on any atom is -0.507 e. The van der Waals surface area contributed by atoms with Crippen LogP contribution in [0.15, 0.2) is 44.2 Å².